The van der Waals surface area contributed by atoms with Gasteiger partial charge in [-0.05, 0) is 42.5 Å². The molecular formula is C19H22ClNO5S. The molecule has 0 spiro atoms. The summed E-state index contributed by atoms with van der Waals surface area (Å²) in [5.74, 6) is -0.00307. The Balaban J connectivity index is 2.11. The van der Waals surface area contributed by atoms with Gasteiger partial charge in [0.05, 0.1) is 17.6 Å². The van der Waals surface area contributed by atoms with Crippen LogP contribution in [0.4, 0.5) is 0 Å². The van der Waals surface area contributed by atoms with Crippen LogP contribution in [0.5, 0.6) is 5.75 Å². The minimum Gasteiger partial charge on any atom is -0.496 e. The summed E-state index contributed by atoms with van der Waals surface area (Å²) in [6.45, 7) is 4.30. The van der Waals surface area contributed by atoms with E-state index in [0.29, 0.717) is 29.4 Å². The van der Waals surface area contributed by atoms with Crippen molar-refractivity contribution in [3.63, 3.8) is 0 Å². The van der Waals surface area contributed by atoms with Crippen molar-refractivity contribution in [3.8, 4) is 5.75 Å². The molecule has 27 heavy (non-hydrogen) atoms. The van der Waals surface area contributed by atoms with Crippen molar-refractivity contribution in [1.29, 1.82) is 0 Å². The first-order chi connectivity index (χ1) is 12.8. The van der Waals surface area contributed by atoms with Gasteiger partial charge in [-0.15, -0.1) is 0 Å². The van der Waals surface area contributed by atoms with Crippen LogP contribution in [0.25, 0.3) is 0 Å². The van der Waals surface area contributed by atoms with Gasteiger partial charge in [-0.1, -0.05) is 25.4 Å². The van der Waals surface area contributed by atoms with Gasteiger partial charge in [0, 0.05) is 23.7 Å². The summed E-state index contributed by atoms with van der Waals surface area (Å²) < 4.78 is 36.8. The Hall–Kier alpha value is -2.09. The van der Waals surface area contributed by atoms with Crippen LogP contribution in [-0.4, -0.2) is 38.9 Å². The monoisotopic (exact) mass is 411 g/mol. The Morgan fingerprint density at radius 2 is 1.70 bits per heavy atom. The van der Waals surface area contributed by atoms with Crippen molar-refractivity contribution in [2.45, 2.75) is 25.3 Å². The molecule has 0 aliphatic heterocycles. The van der Waals surface area contributed by atoms with Crippen molar-refractivity contribution < 1.29 is 22.7 Å². The molecule has 8 heteroatoms. The number of methoxy groups -OCH3 is 1. The molecule has 0 atom stereocenters. The second-order valence-electron chi connectivity index (χ2n) is 5.65. The fourth-order valence-corrected chi connectivity index (χ4v) is 4.21. The quantitative estimate of drug-likeness (QED) is 0.619. The zero-order valence-electron chi connectivity index (χ0n) is 15.4. The summed E-state index contributed by atoms with van der Waals surface area (Å²) in [6, 6.07) is 10.7. The van der Waals surface area contributed by atoms with E-state index in [1.807, 2.05) is 0 Å². The van der Waals surface area contributed by atoms with Crippen LogP contribution in [0.15, 0.2) is 47.4 Å². The molecule has 2 aromatic carbocycles. The van der Waals surface area contributed by atoms with Gasteiger partial charge >= 0.3 is 5.97 Å². The topological polar surface area (TPSA) is 72.9 Å². The van der Waals surface area contributed by atoms with E-state index in [1.54, 1.807) is 32.0 Å². The lowest BCUT2D eigenvalue weighted by molar-refractivity contribution is 0.0470. The number of esters is 1. The van der Waals surface area contributed by atoms with E-state index in [2.05, 4.69) is 0 Å². The Kier molecular flexibility index (Phi) is 7.24. The molecule has 0 saturated heterocycles. The van der Waals surface area contributed by atoms with E-state index in [9.17, 15) is 13.2 Å². The molecule has 6 nitrogen and oxygen atoms in total. The van der Waals surface area contributed by atoms with Crippen LogP contribution in [0.1, 0.15) is 29.8 Å². The molecule has 2 aromatic rings. The molecule has 2 rings (SSSR count). The second kappa shape index (κ2) is 9.21. The van der Waals surface area contributed by atoms with Crippen molar-refractivity contribution >= 4 is 27.6 Å². The predicted octanol–water partition coefficient (Wildman–Crippen LogP) is 3.74. The zero-order chi connectivity index (χ0) is 20.0. The maximum atomic E-state index is 12.5. The first kappa shape index (κ1) is 21.2. The van der Waals surface area contributed by atoms with Crippen LogP contribution < -0.4 is 4.74 Å². The molecule has 0 aliphatic rings. The van der Waals surface area contributed by atoms with E-state index in [-0.39, 0.29) is 17.1 Å². The Morgan fingerprint density at radius 3 is 2.26 bits per heavy atom. The lowest BCUT2D eigenvalue weighted by atomic mass is 10.2. The fraction of sp³-hybridized carbons (Fsp3) is 0.316. The first-order valence-electron chi connectivity index (χ1n) is 8.43. The van der Waals surface area contributed by atoms with Gasteiger partial charge in [-0.25, -0.2) is 13.2 Å². The molecule has 0 aromatic heterocycles. The lowest BCUT2D eigenvalue weighted by Gasteiger charge is -2.18. The summed E-state index contributed by atoms with van der Waals surface area (Å²) in [4.78, 5) is 12.4. The highest BCUT2D eigenvalue weighted by Gasteiger charge is 2.22. The highest BCUT2D eigenvalue weighted by atomic mass is 35.5. The summed E-state index contributed by atoms with van der Waals surface area (Å²) >= 11 is 5.96. The largest absolute Gasteiger partial charge is 0.496 e. The minimum absolute atomic E-state index is 0.0118. The molecule has 0 saturated carbocycles. The van der Waals surface area contributed by atoms with Gasteiger partial charge in [0.25, 0.3) is 0 Å². The number of benzene rings is 2. The number of ether oxygens (including phenoxy) is 2. The third-order valence-corrected chi connectivity index (χ3v) is 6.33. The SMILES string of the molecule is CCN(CC)S(=O)(=O)c1ccc(C(=O)OCc2cc(Cl)ccc2OC)cc1. The number of rotatable bonds is 8. The molecule has 0 unspecified atom stereocenters. The molecule has 0 radical (unpaired) electrons. The smallest absolute Gasteiger partial charge is 0.338 e. The van der Waals surface area contributed by atoms with Crippen LogP contribution in [0.3, 0.4) is 0 Å². The number of sulfonamides is 1. The molecule has 0 amide bonds. The number of hydrogen-bond acceptors (Lipinski definition) is 5. The summed E-state index contributed by atoms with van der Waals surface area (Å²) in [5.41, 5.74) is 0.897. The molecular weight excluding hydrogens is 390 g/mol. The summed E-state index contributed by atoms with van der Waals surface area (Å²) in [7, 11) is -2.05. The van der Waals surface area contributed by atoms with Crippen molar-refractivity contribution in [2.24, 2.45) is 0 Å². The minimum atomic E-state index is -3.56. The van der Waals surface area contributed by atoms with E-state index < -0.39 is 16.0 Å². The third kappa shape index (κ3) is 5.00. The van der Waals surface area contributed by atoms with Gasteiger partial charge in [0.1, 0.15) is 12.4 Å². The van der Waals surface area contributed by atoms with E-state index >= 15 is 0 Å². The van der Waals surface area contributed by atoms with Crippen LogP contribution in [0.2, 0.25) is 5.02 Å². The Morgan fingerprint density at radius 1 is 1.07 bits per heavy atom. The number of nitrogens with zero attached hydrogens (tertiary/aromatic N) is 1. The summed E-state index contributed by atoms with van der Waals surface area (Å²) in [6.07, 6.45) is 0. The maximum absolute atomic E-state index is 12.5. The molecule has 0 fully saturated rings. The normalized spacial score (nSPS) is 11.4. The van der Waals surface area contributed by atoms with E-state index in [1.165, 1.54) is 35.7 Å². The van der Waals surface area contributed by atoms with Crippen molar-refractivity contribution in [1.82, 2.24) is 4.31 Å². The summed E-state index contributed by atoms with van der Waals surface area (Å²) in [5, 5.41) is 0.507. The number of hydrogen-bond donors (Lipinski definition) is 0. The molecule has 146 valence electrons. The van der Waals surface area contributed by atoms with Gasteiger partial charge in [0.2, 0.25) is 10.0 Å². The average Bonchev–Trinajstić information content (AvgIpc) is 2.67. The molecule has 0 bridgehead atoms. The number of carbonyl (C=O) groups excluding carboxylic acids is 1. The van der Waals surface area contributed by atoms with Crippen molar-refractivity contribution in [3.05, 3.63) is 58.6 Å². The predicted molar refractivity (Wildman–Crippen MR) is 104 cm³/mol. The second-order valence-corrected chi connectivity index (χ2v) is 8.02. The Labute approximate surface area is 164 Å². The maximum Gasteiger partial charge on any atom is 0.338 e. The molecule has 0 aliphatic carbocycles. The van der Waals surface area contributed by atoms with E-state index in [4.69, 9.17) is 21.1 Å². The first-order valence-corrected chi connectivity index (χ1v) is 10.2. The number of halogens is 1. The molecule has 0 N–H and O–H groups in total. The van der Waals surface area contributed by atoms with Crippen LogP contribution >= 0.6 is 11.6 Å². The van der Waals surface area contributed by atoms with Crippen molar-refractivity contribution in [2.75, 3.05) is 20.2 Å². The average molecular weight is 412 g/mol. The highest BCUT2D eigenvalue weighted by molar-refractivity contribution is 7.89. The van der Waals surface area contributed by atoms with Gasteiger partial charge < -0.3 is 9.47 Å². The Bertz CT molecular complexity index is 893. The van der Waals surface area contributed by atoms with Gasteiger partial charge in [-0.2, -0.15) is 4.31 Å². The van der Waals surface area contributed by atoms with Crippen LogP contribution in [-0.2, 0) is 21.4 Å². The zero-order valence-corrected chi connectivity index (χ0v) is 17.0. The standard InChI is InChI=1S/C19H22ClNO5S/c1-4-21(5-2)27(23,24)17-9-6-14(7-10-17)19(22)26-13-15-12-16(20)8-11-18(15)25-3/h6-12H,4-5,13H2,1-3H3. The lowest BCUT2D eigenvalue weighted by Crippen LogP contribution is -2.30. The van der Waals surface area contributed by atoms with Gasteiger partial charge in [0.15, 0.2) is 0 Å². The molecule has 0 heterocycles. The van der Waals surface area contributed by atoms with Gasteiger partial charge in [-0.3, -0.25) is 0 Å². The third-order valence-electron chi connectivity index (χ3n) is 4.03. The van der Waals surface area contributed by atoms with E-state index in [0.717, 1.165) is 0 Å². The number of carbonyl (C=O) groups is 1. The fourth-order valence-electron chi connectivity index (χ4n) is 2.56. The highest BCUT2D eigenvalue weighted by Crippen LogP contribution is 2.24. The van der Waals surface area contributed by atoms with Crippen LogP contribution in [0, 0.1) is 0 Å².